The van der Waals surface area contributed by atoms with Gasteiger partial charge >= 0.3 is 5.97 Å². The minimum Gasteiger partial charge on any atom is -0.467 e. The Morgan fingerprint density at radius 1 is 1.06 bits per heavy atom. The summed E-state index contributed by atoms with van der Waals surface area (Å²) in [5.74, 6) is -1.34. The highest BCUT2D eigenvalue weighted by atomic mass is 16.5. The summed E-state index contributed by atoms with van der Waals surface area (Å²) in [5.41, 5.74) is 11.5. The molecular weight excluding hydrogens is 400 g/mol. The number of carbonyl (C=O) groups excluding carboxylic acids is 3. The van der Waals surface area contributed by atoms with E-state index in [9.17, 15) is 14.4 Å². The number of carbonyl (C=O) groups is 3. The number of guanidine groups is 1. The molecule has 0 aliphatic rings. The third-order valence-electron chi connectivity index (χ3n) is 4.30. The number of nitrogens with one attached hydrogen (secondary N) is 2. The Hall–Kier alpha value is -3.14. The Labute approximate surface area is 183 Å². The van der Waals surface area contributed by atoms with E-state index < -0.39 is 24.0 Å². The molecule has 1 rings (SSSR count). The van der Waals surface area contributed by atoms with Gasteiger partial charge in [0.2, 0.25) is 5.91 Å². The highest BCUT2D eigenvalue weighted by molar-refractivity contribution is 5.91. The number of nitrogens with two attached hydrogens (primary N) is 2. The maximum Gasteiger partial charge on any atom is 0.328 e. The van der Waals surface area contributed by atoms with E-state index in [1.54, 1.807) is 0 Å². The van der Waals surface area contributed by atoms with Crippen LogP contribution in [0.1, 0.15) is 18.4 Å². The standard InChI is InChI=1S/C21H34N6O4/c1-27(2,3)14-18(28)25-16(11-8-12-24-21(22)23)19(29)26-17(20(30)31-4)13-15-9-6-5-7-10-15/h5-7,9-10,16-17H,8,11-14H2,1-4H3,(H5-,22,23,24,25,26,28,29)/p+1/t16-,17-/m0/s1. The highest BCUT2D eigenvalue weighted by Crippen LogP contribution is 2.07. The first-order chi connectivity index (χ1) is 14.5. The van der Waals surface area contributed by atoms with Gasteiger partial charge in [0.05, 0.1) is 28.3 Å². The molecule has 0 radical (unpaired) electrons. The molecule has 6 N–H and O–H groups in total. The molecule has 0 aliphatic heterocycles. The lowest BCUT2D eigenvalue weighted by molar-refractivity contribution is -0.862. The van der Waals surface area contributed by atoms with Crippen LogP contribution in [0.2, 0.25) is 0 Å². The van der Waals surface area contributed by atoms with Crippen LogP contribution in [0, 0.1) is 0 Å². The minimum absolute atomic E-state index is 0.0383. The van der Waals surface area contributed by atoms with Crippen molar-refractivity contribution in [2.24, 2.45) is 16.5 Å². The lowest BCUT2D eigenvalue weighted by Gasteiger charge is -2.26. The van der Waals surface area contributed by atoms with Gasteiger partial charge in [-0.15, -0.1) is 0 Å². The number of amides is 2. The highest BCUT2D eigenvalue weighted by Gasteiger charge is 2.28. The van der Waals surface area contributed by atoms with Crippen LogP contribution < -0.4 is 22.1 Å². The van der Waals surface area contributed by atoms with Crippen LogP contribution in [-0.2, 0) is 25.5 Å². The lowest BCUT2D eigenvalue weighted by atomic mass is 10.0. The van der Waals surface area contributed by atoms with Gasteiger partial charge in [-0.1, -0.05) is 30.3 Å². The van der Waals surface area contributed by atoms with Crippen LogP contribution in [0.5, 0.6) is 0 Å². The van der Waals surface area contributed by atoms with Crippen LogP contribution in [0.15, 0.2) is 35.3 Å². The van der Waals surface area contributed by atoms with Crippen molar-refractivity contribution in [3.8, 4) is 0 Å². The average Bonchev–Trinajstić information content (AvgIpc) is 2.68. The Kier molecular flexibility index (Phi) is 10.5. The molecule has 10 nitrogen and oxygen atoms in total. The van der Waals surface area contributed by atoms with Crippen molar-refractivity contribution < 1.29 is 23.6 Å². The summed E-state index contributed by atoms with van der Waals surface area (Å²) >= 11 is 0. The van der Waals surface area contributed by atoms with E-state index in [-0.39, 0.29) is 24.8 Å². The third-order valence-corrected chi connectivity index (χ3v) is 4.30. The van der Waals surface area contributed by atoms with E-state index in [0.29, 0.717) is 23.9 Å². The number of rotatable bonds is 12. The predicted molar refractivity (Wildman–Crippen MR) is 119 cm³/mol. The fourth-order valence-electron chi connectivity index (χ4n) is 2.90. The number of ether oxygens (including phenoxy) is 1. The van der Waals surface area contributed by atoms with Crippen LogP contribution in [0.25, 0.3) is 0 Å². The number of methoxy groups -OCH3 is 1. The Bertz CT molecular complexity index is 757. The second-order valence-corrected chi connectivity index (χ2v) is 8.29. The van der Waals surface area contributed by atoms with Gasteiger partial charge in [-0.25, -0.2) is 4.79 Å². The number of aliphatic imine (C=N–C) groups is 1. The van der Waals surface area contributed by atoms with Gasteiger partial charge in [-0.3, -0.25) is 14.6 Å². The molecule has 31 heavy (non-hydrogen) atoms. The van der Waals surface area contributed by atoms with Gasteiger partial charge in [-0.2, -0.15) is 0 Å². The molecule has 0 saturated heterocycles. The molecule has 0 spiro atoms. The van der Waals surface area contributed by atoms with E-state index in [1.165, 1.54) is 7.11 Å². The summed E-state index contributed by atoms with van der Waals surface area (Å²) in [5, 5.41) is 5.47. The first-order valence-corrected chi connectivity index (χ1v) is 10.1. The van der Waals surface area contributed by atoms with Crippen LogP contribution in [0.3, 0.4) is 0 Å². The first kappa shape index (κ1) is 25.9. The number of hydrogen-bond donors (Lipinski definition) is 4. The average molecular weight is 436 g/mol. The van der Waals surface area contributed by atoms with Crippen LogP contribution in [0.4, 0.5) is 0 Å². The summed E-state index contributed by atoms with van der Waals surface area (Å²) in [7, 11) is 6.89. The summed E-state index contributed by atoms with van der Waals surface area (Å²) in [6.45, 7) is 0.518. The van der Waals surface area contributed by atoms with Gasteiger partial charge in [0, 0.05) is 13.0 Å². The molecule has 1 aromatic carbocycles. The largest absolute Gasteiger partial charge is 0.467 e. The first-order valence-electron chi connectivity index (χ1n) is 10.1. The normalized spacial score (nSPS) is 12.9. The molecule has 0 aromatic heterocycles. The van der Waals surface area contributed by atoms with Crippen LogP contribution >= 0.6 is 0 Å². The fourth-order valence-corrected chi connectivity index (χ4v) is 2.90. The summed E-state index contributed by atoms with van der Waals surface area (Å²) in [4.78, 5) is 41.5. The summed E-state index contributed by atoms with van der Waals surface area (Å²) in [6.07, 6.45) is 1.06. The van der Waals surface area contributed by atoms with Crippen molar-refractivity contribution in [3.05, 3.63) is 35.9 Å². The number of hydrogen-bond acceptors (Lipinski definition) is 5. The minimum atomic E-state index is -0.879. The Morgan fingerprint density at radius 2 is 1.71 bits per heavy atom. The van der Waals surface area contributed by atoms with E-state index in [4.69, 9.17) is 16.2 Å². The number of nitrogens with zero attached hydrogens (tertiary/aromatic N) is 2. The number of likely N-dealkylation sites (N-methyl/N-ethyl adjacent to an activating group) is 1. The van der Waals surface area contributed by atoms with Crippen molar-refractivity contribution >= 4 is 23.7 Å². The molecule has 0 bridgehead atoms. The van der Waals surface area contributed by atoms with E-state index in [2.05, 4.69) is 15.6 Å². The van der Waals surface area contributed by atoms with Crippen molar-refractivity contribution in [1.82, 2.24) is 10.6 Å². The van der Waals surface area contributed by atoms with E-state index in [0.717, 1.165) is 5.56 Å². The number of benzene rings is 1. The summed E-state index contributed by atoms with van der Waals surface area (Å²) in [6, 6.07) is 7.57. The zero-order valence-corrected chi connectivity index (χ0v) is 18.8. The molecule has 172 valence electrons. The fraction of sp³-hybridized carbons (Fsp3) is 0.524. The topological polar surface area (TPSA) is 149 Å². The van der Waals surface area contributed by atoms with Crippen molar-refractivity contribution in [2.45, 2.75) is 31.3 Å². The molecule has 0 saturated carbocycles. The van der Waals surface area contributed by atoms with Gasteiger partial charge in [0.25, 0.3) is 5.91 Å². The molecule has 0 unspecified atom stereocenters. The second kappa shape index (κ2) is 12.5. The quantitative estimate of drug-likeness (QED) is 0.110. The Balaban J connectivity index is 2.90. The third kappa shape index (κ3) is 11.0. The predicted octanol–water partition coefficient (Wildman–Crippen LogP) is -0.868. The molecule has 0 aliphatic carbocycles. The molecule has 0 heterocycles. The van der Waals surface area contributed by atoms with Crippen molar-refractivity contribution in [1.29, 1.82) is 0 Å². The van der Waals surface area contributed by atoms with Gasteiger partial charge in [-0.05, 0) is 18.4 Å². The Morgan fingerprint density at radius 3 is 2.26 bits per heavy atom. The maximum absolute atomic E-state index is 13.0. The maximum atomic E-state index is 13.0. The SMILES string of the molecule is COC(=O)[C@H](Cc1ccccc1)NC(=O)[C@H](CCCN=C(N)N)NC(=O)C[N+](C)(C)C. The number of esters is 1. The zero-order chi connectivity index (χ0) is 23.4. The smallest absolute Gasteiger partial charge is 0.328 e. The van der Waals surface area contributed by atoms with Gasteiger partial charge in [0.15, 0.2) is 12.5 Å². The molecular formula is C21H35N6O4+. The van der Waals surface area contributed by atoms with Gasteiger partial charge < -0.3 is 31.3 Å². The van der Waals surface area contributed by atoms with Crippen molar-refractivity contribution in [3.63, 3.8) is 0 Å². The zero-order valence-electron chi connectivity index (χ0n) is 18.8. The molecule has 2 atom stereocenters. The molecule has 1 aromatic rings. The molecule has 10 heteroatoms. The van der Waals surface area contributed by atoms with Crippen molar-refractivity contribution in [2.75, 3.05) is 41.3 Å². The molecule has 0 fully saturated rings. The van der Waals surface area contributed by atoms with E-state index >= 15 is 0 Å². The monoisotopic (exact) mass is 435 g/mol. The molecule has 2 amide bonds. The van der Waals surface area contributed by atoms with Crippen LogP contribution in [-0.4, -0.2) is 81.7 Å². The summed E-state index contributed by atoms with van der Waals surface area (Å²) < 4.78 is 5.26. The van der Waals surface area contributed by atoms with E-state index in [1.807, 2.05) is 51.5 Å². The lowest BCUT2D eigenvalue weighted by Crippen LogP contribution is -2.54. The van der Waals surface area contributed by atoms with Gasteiger partial charge in [0.1, 0.15) is 12.1 Å². The number of quaternary nitrogens is 1. The second-order valence-electron chi connectivity index (χ2n) is 8.29.